The molecule has 2 N–H and O–H groups in total. The quantitative estimate of drug-likeness (QED) is 0.594. The third kappa shape index (κ3) is 1.35. The third-order valence-electron chi connectivity index (χ3n) is 2.48. The molecule has 0 aliphatic carbocycles. The Morgan fingerprint density at radius 2 is 2.07 bits per heavy atom. The summed E-state index contributed by atoms with van der Waals surface area (Å²) in [5.74, 6) is 0.927. The van der Waals surface area contributed by atoms with E-state index in [-0.39, 0.29) is 0 Å². The average Bonchev–Trinajstić information content (AvgIpc) is 2.51. The Bertz CT molecular complexity index is 506. The molecule has 4 nitrogen and oxygen atoms in total. The van der Waals surface area contributed by atoms with E-state index < -0.39 is 0 Å². The van der Waals surface area contributed by atoms with Crippen molar-refractivity contribution in [3.8, 4) is 0 Å². The van der Waals surface area contributed by atoms with Gasteiger partial charge in [-0.2, -0.15) is 9.19 Å². The first-order valence-electron chi connectivity index (χ1n) is 4.70. The molecule has 0 radical (unpaired) electrons. The van der Waals surface area contributed by atoms with Crippen LogP contribution in [0.4, 0.5) is 17.2 Å². The summed E-state index contributed by atoms with van der Waals surface area (Å²) in [6.45, 7) is 0.764. The first-order valence-corrected chi connectivity index (χ1v) is 5.10. The molecule has 1 aliphatic rings. The summed E-state index contributed by atoms with van der Waals surface area (Å²) in [5, 5.41) is 10.7. The number of hydrogen-bond acceptors (Lipinski definition) is 4. The monoisotopic (exact) mass is 218 g/mol. The molecule has 1 aromatic carbocycles. The van der Waals surface area contributed by atoms with Crippen molar-refractivity contribution in [2.45, 2.75) is 6.54 Å². The molecule has 76 valence electrons. The Balaban J connectivity index is 2.12. The molecule has 0 unspecified atom stereocenters. The highest BCUT2D eigenvalue weighted by atomic mass is 32.1. The summed E-state index contributed by atoms with van der Waals surface area (Å²) in [5.41, 5.74) is 3.26. The second-order valence-corrected chi connectivity index (χ2v) is 3.81. The largest absolute Gasteiger partial charge is 0.379 e. The van der Waals surface area contributed by atoms with Crippen LogP contribution in [0.2, 0.25) is 0 Å². The molecule has 0 atom stereocenters. The van der Waals surface area contributed by atoms with Gasteiger partial charge in [-0.05, 0) is 24.9 Å². The molecular formula is C10H10N4S. The molecule has 0 saturated carbocycles. The number of nitrogens with zero attached hydrogens (tertiary/aromatic N) is 2. The Morgan fingerprint density at radius 1 is 1.27 bits per heavy atom. The van der Waals surface area contributed by atoms with Gasteiger partial charge in [0.05, 0.1) is 17.6 Å². The summed E-state index contributed by atoms with van der Waals surface area (Å²) in [4.78, 5) is 0. The SMILES string of the molecule is Sn1ncc2c1Nc1ccccc1NC2. The zero-order valence-electron chi connectivity index (χ0n) is 7.94. The van der Waals surface area contributed by atoms with Crippen LogP contribution in [0.1, 0.15) is 5.56 Å². The van der Waals surface area contributed by atoms with Crippen molar-refractivity contribution in [1.29, 1.82) is 0 Å². The van der Waals surface area contributed by atoms with E-state index in [2.05, 4.69) is 28.5 Å². The Morgan fingerprint density at radius 3 is 2.93 bits per heavy atom. The van der Waals surface area contributed by atoms with Crippen LogP contribution in [0.15, 0.2) is 30.5 Å². The van der Waals surface area contributed by atoms with Crippen LogP contribution >= 0.6 is 12.8 Å². The van der Waals surface area contributed by atoms with Gasteiger partial charge in [0.25, 0.3) is 0 Å². The molecule has 15 heavy (non-hydrogen) atoms. The van der Waals surface area contributed by atoms with E-state index in [9.17, 15) is 0 Å². The molecule has 5 heteroatoms. The number of benzene rings is 1. The Labute approximate surface area is 92.8 Å². The summed E-state index contributed by atoms with van der Waals surface area (Å²) in [6, 6.07) is 8.08. The zero-order chi connectivity index (χ0) is 10.3. The van der Waals surface area contributed by atoms with Crippen molar-refractivity contribution in [3.05, 3.63) is 36.0 Å². The van der Waals surface area contributed by atoms with Gasteiger partial charge >= 0.3 is 0 Å². The van der Waals surface area contributed by atoms with E-state index >= 15 is 0 Å². The maximum atomic E-state index is 4.24. The molecule has 2 aromatic rings. The molecule has 2 heterocycles. The second kappa shape index (κ2) is 3.20. The fraction of sp³-hybridized carbons (Fsp3) is 0.100. The third-order valence-corrected chi connectivity index (χ3v) is 2.78. The normalized spacial score (nSPS) is 13.1. The molecule has 0 amide bonds. The van der Waals surface area contributed by atoms with Gasteiger partial charge in [-0.15, -0.1) is 0 Å². The van der Waals surface area contributed by atoms with Crippen LogP contribution in [0.5, 0.6) is 0 Å². The van der Waals surface area contributed by atoms with Crippen molar-refractivity contribution in [3.63, 3.8) is 0 Å². The summed E-state index contributed by atoms with van der Waals surface area (Å²) < 4.78 is 1.55. The lowest BCUT2D eigenvalue weighted by Crippen LogP contribution is -1.96. The topological polar surface area (TPSA) is 41.9 Å². The fourth-order valence-corrected chi connectivity index (χ4v) is 1.93. The van der Waals surface area contributed by atoms with E-state index in [4.69, 9.17) is 0 Å². The summed E-state index contributed by atoms with van der Waals surface area (Å²) in [6.07, 6.45) is 1.81. The van der Waals surface area contributed by atoms with Gasteiger partial charge in [0, 0.05) is 12.1 Å². The van der Waals surface area contributed by atoms with Crippen LogP contribution in [0.25, 0.3) is 0 Å². The fourth-order valence-electron chi connectivity index (χ4n) is 1.70. The molecule has 3 rings (SSSR count). The minimum absolute atomic E-state index is 0.764. The van der Waals surface area contributed by atoms with Gasteiger partial charge in [0.2, 0.25) is 0 Å². The number of fused-ring (bicyclic) bond motifs is 2. The standard InChI is InChI=1S/C10H10N4S/c15-14-10-7(6-12-14)5-11-8-3-1-2-4-9(8)13-10/h1-4,6,11,13,15H,5H2. The van der Waals surface area contributed by atoms with Crippen LogP contribution in [0.3, 0.4) is 0 Å². The lowest BCUT2D eigenvalue weighted by atomic mass is 10.2. The molecule has 1 aliphatic heterocycles. The predicted molar refractivity (Wildman–Crippen MR) is 63.7 cm³/mol. The number of anilines is 3. The van der Waals surface area contributed by atoms with Crippen molar-refractivity contribution in [1.82, 2.24) is 9.19 Å². The minimum atomic E-state index is 0.764. The van der Waals surface area contributed by atoms with Gasteiger partial charge in [-0.3, -0.25) is 0 Å². The predicted octanol–water partition coefficient (Wildman–Crippen LogP) is 2.25. The van der Waals surface area contributed by atoms with E-state index in [1.807, 2.05) is 30.5 Å². The number of para-hydroxylation sites is 2. The van der Waals surface area contributed by atoms with E-state index in [0.717, 1.165) is 29.3 Å². The van der Waals surface area contributed by atoms with E-state index in [1.165, 1.54) is 0 Å². The van der Waals surface area contributed by atoms with Crippen LogP contribution < -0.4 is 10.6 Å². The first-order chi connectivity index (χ1) is 7.34. The lowest BCUT2D eigenvalue weighted by molar-refractivity contribution is 1.02. The van der Waals surface area contributed by atoms with Crippen molar-refractivity contribution in [2.75, 3.05) is 10.6 Å². The number of thiol groups is 1. The average molecular weight is 218 g/mol. The molecule has 1 aromatic heterocycles. The molecule has 0 spiro atoms. The smallest absolute Gasteiger partial charge is 0.145 e. The van der Waals surface area contributed by atoms with Crippen molar-refractivity contribution in [2.24, 2.45) is 0 Å². The van der Waals surface area contributed by atoms with Gasteiger partial charge < -0.3 is 10.6 Å². The number of aromatic nitrogens is 2. The van der Waals surface area contributed by atoms with Gasteiger partial charge in [-0.1, -0.05) is 12.1 Å². The summed E-state index contributed by atoms with van der Waals surface area (Å²) in [7, 11) is 0. The number of nitrogens with one attached hydrogen (secondary N) is 2. The maximum Gasteiger partial charge on any atom is 0.145 e. The second-order valence-electron chi connectivity index (χ2n) is 3.43. The van der Waals surface area contributed by atoms with Crippen LogP contribution in [-0.4, -0.2) is 9.19 Å². The maximum absolute atomic E-state index is 4.24. The minimum Gasteiger partial charge on any atom is -0.379 e. The Hall–Kier alpha value is -1.62. The molecule has 0 bridgehead atoms. The highest BCUT2D eigenvalue weighted by molar-refractivity contribution is 7.78. The summed E-state index contributed by atoms with van der Waals surface area (Å²) >= 11 is 4.24. The lowest BCUT2D eigenvalue weighted by Gasteiger charge is -2.08. The number of hydrogen-bond donors (Lipinski definition) is 3. The molecule has 0 fully saturated rings. The molecular weight excluding hydrogens is 208 g/mol. The van der Waals surface area contributed by atoms with Crippen molar-refractivity contribution < 1.29 is 0 Å². The van der Waals surface area contributed by atoms with Gasteiger partial charge in [0.1, 0.15) is 5.82 Å². The van der Waals surface area contributed by atoms with Gasteiger partial charge in [-0.25, -0.2) is 0 Å². The highest BCUT2D eigenvalue weighted by Gasteiger charge is 2.14. The number of rotatable bonds is 0. The van der Waals surface area contributed by atoms with Crippen LogP contribution in [-0.2, 0) is 6.54 Å². The van der Waals surface area contributed by atoms with Crippen molar-refractivity contribution >= 4 is 30.0 Å². The molecule has 0 saturated heterocycles. The van der Waals surface area contributed by atoms with E-state index in [0.29, 0.717) is 0 Å². The van der Waals surface area contributed by atoms with Gasteiger partial charge in [0.15, 0.2) is 0 Å². The van der Waals surface area contributed by atoms with E-state index in [1.54, 1.807) is 4.09 Å². The highest BCUT2D eigenvalue weighted by Crippen LogP contribution is 2.31. The zero-order valence-corrected chi connectivity index (χ0v) is 8.83. The first kappa shape index (κ1) is 8.67. The Kier molecular flexibility index (Phi) is 1.85. The van der Waals surface area contributed by atoms with Crippen LogP contribution in [0, 0.1) is 0 Å².